The van der Waals surface area contributed by atoms with Gasteiger partial charge in [-0.15, -0.1) is 0 Å². The summed E-state index contributed by atoms with van der Waals surface area (Å²) in [5, 5.41) is 2.58. The monoisotopic (exact) mass is 253 g/mol. The van der Waals surface area contributed by atoms with E-state index in [4.69, 9.17) is 5.73 Å². The zero-order chi connectivity index (χ0) is 13.5. The van der Waals surface area contributed by atoms with Gasteiger partial charge in [0.2, 0.25) is 5.91 Å². The maximum Gasteiger partial charge on any atom is 0.221 e. The number of carbonyl (C=O) groups is 1. The molecule has 100 valence electrons. The fraction of sp³-hybridized carbons (Fsp3) is 0.462. The van der Waals surface area contributed by atoms with Crippen molar-refractivity contribution in [3.05, 3.63) is 35.6 Å². The lowest BCUT2D eigenvalue weighted by atomic mass is 10.1. The standard InChI is InChI=1S/C13H20FN3O/c1-16-13(18)7-8-17(2)12(9-15)10-3-5-11(14)6-4-10/h3-6,12H,7-9,15H2,1-2H3,(H,16,18). The number of hydrogen-bond acceptors (Lipinski definition) is 3. The molecule has 3 N–H and O–H groups in total. The molecule has 0 bridgehead atoms. The first-order valence-electron chi connectivity index (χ1n) is 5.94. The van der Waals surface area contributed by atoms with Crippen molar-refractivity contribution in [1.29, 1.82) is 0 Å². The number of rotatable bonds is 6. The summed E-state index contributed by atoms with van der Waals surface area (Å²) in [5.41, 5.74) is 6.70. The molecule has 1 unspecified atom stereocenters. The maximum absolute atomic E-state index is 12.9. The van der Waals surface area contributed by atoms with Gasteiger partial charge in [-0.25, -0.2) is 4.39 Å². The fourth-order valence-corrected chi connectivity index (χ4v) is 1.81. The van der Waals surface area contributed by atoms with E-state index in [1.54, 1.807) is 19.2 Å². The summed E-state index contributed by atoms with van der Waals surface area (Å²) in [6.45, 7) is 1.04. The van der Waals surface area contributed by atoms with Gasteiger partial charge in [0.15, 0.2) is 0 Å². The highest BCUT2D eigenvalue weighted by atomic mass is 19.1. The topological polar surface area (TPSA) is 58.4 Å². The lowest BCUT2D eigenvalue weighted by Crippen LogP contribution is -2.33. The number of benzene rings is 1. The van der Waals surface area contributed by atoms with Gasteiger partial charge in [-0.3, -0.25) is 9.69 Å². The molecular weight excluding hydrogens is 233 g/mol. The highest BCUT2D eigenvalue weighted by Crippen LogP contribution is 2.18. The second kappa shape index (κ2) is 7.08. The molecule has 1 amide bonds. The van der Waals surface area contributed by atoms with Crippen molar-refractivity contribution in [2.75, 3.05) is 27.2 Å². The highest BCUT2D eigenvalue weighted by Gasteiger charge is 2.16. The molecule has 1 aromatic carbocycles. The third kappa shape index (κ3) is 4.09. The Kier molecular flexibility index (Phi) is 5.74. The third-order valence-electron chi connectivity index (χ3n) is 2.98. The van der Waals surface area contributed by atoms with E-state index < -0.39 is 0 Å². The number of hydrogen-bond donors (Lipinski definition) is 2. The van der Waals surface area contributed by atoms with E-state index in [9.17, 15) is 9.18 Å². The van der Waals surface area contributed by atoms with Crippen molar-refractivity contribution in [3.8, 4) is 0 Å². The summed E-state index contributed by atoms with van der Waals surface area (Å²) in [6, 6.07) is 6.29. The highest BCUT2D eigenvalue weighted by molar-refractivity contribution is 5.75. The van der Waals surface area contributed by atoms with E-state index in [2.05, 4.69) is 5.32 Å². The van der Waals surface area contributed by atoms with Crippen molar-refractivity contribution in [1.82, 2.24) is 10.2 Å². The van der Waals surface area contributed by atoms with Gasteiger partial charge in [0, 0.05) is 32.6 Å². The van der Waals surface area contributed by atoms with Gasteiger partial charge >= 0.3 is 0 Å². The Balaban J connectivity index is 2.64. The number of amides is 1. The number of nitrogens with zero attached hydrogens (tertiary/aromatic N) is 1. The van der Waals surface area contributed by atoms with Crippen LogP contribution in [0.2, 0.25) is 0 Å². The number of nitrogens with one attached hydrogen (secondary N) is 1. The van der Waals surface area contributed by atoms with E-state index >= 15 is 0 Å². The molecule has 0 aliphatic heterocycles. The molecule has 4 nitrogen and oxygen atoms in total. The molecule has 0 aliphatic rings. The van der Waals surface area contributed by atoms with Crippen LogP contribution in [0.1, 0.15) is 18.0 Å². The molecule has 0 saturated heterocycles. The summed E-state index contributed by atoms with van der Waals surface area (Å²) in [4.78, 5) is 13.2. The molecular formula is C13H20FN3O. The van der Waals surface area contributed by atoms with Crippen LogP contribution in [0.4, 0.5) is 4.39 Å². The first-order valence-corrected chi connectivity index (χ1v) is 5.94. The molecule has 0 fully saturated rings. The first kappa shape index (κ1) is 14.6. The van der Waals surface area contributed by atoms with Gasteiger partial charge in [0.05, 0.1) is 0 Å². The lowest BCUT2D eigenvalue weighted by molar-refractivity contribution is -0.120. The van der Waals surface area contributed by atoms with Gasteiger partial charge in [-0.1, -0.05) is 12.1 Å². The Morgan fingerprint density at radius 2 is 2.06 bits per heavy atom. The van der Waals surface area contributed by atoms with E-state index in [1.165, 1.54) is 12.1 Å². The van der Waals surface area contributed by atoms with Crippen LogP contribution in [0.25, 0.3) is 0 Å². The van der Waals surface area contributed by atoms with Gasteiger partial charge in [0.25, 0.3) is 0 Å². The number of likely N-dealkylation sites (N-methyl/N-ethyl adjacent to an activating group) is 1. The minimum absolute atomic E-state index is 0.00303. The summed E-state index contributed by atoms with van der Waals surface area (Å²) >= 11 is 0. The third-order valence-corrected chi connectivity index (χ3v) is 2.98. The Morgan fingerprint density at radius 3 is 2.56 bits per heavy atom. The van der Waals surface area contributed by atoms with Gasteiger partial charge in [-0.2, -0.15) is 0 Å². The van der Waals surface area contributed by atoms with E-state index in [1.807, 2.05) is 11.9 Å². The van der Waals surface area contributed by atoms with Crippen LogP contribution in [0.3, 0.4) is 0 Å². The zero-order valence-corrected chi connectivity index (χ0v) is 10.8. The van der Waals surface area contributed by atoms with E-state index in [0.717, 1.165) is 5.56 Å². The van der Waals surface area contributed by atoms with Crippen LogP contribution in [-0.4, -0.2) is 38.0 Å². The average molecular weight is 253 g/mol. The van der Waals surface area contributed by atoms with Crippen molar-refractivity contribution in [2.45, 2.75) is 12.5 Å². The number of carbonyl (C=O) groups excluding carboxylic acids is 1. The quantitative estimate of drug-likeness (QED) is 0.791. The normalized spacial score (nSPS) is 12.5. The second-order valence-corrected chi connectivity index (χ2v) is 4.21. The Hall–Kier alpha value is -1.46. The summed E-state index contributed by atoms with van der Waals surface area (Å²) in [5.74, 6) is -0.265. The van der Waals surface area contributed by atoms with Gasteiger partial charge in [0.1, 0.15) is 5.82 Å². The number of halogens is 1. The maximum atomic E-state index is 12.9. The molecule has 1 rings (SSSR count). The molecule has 18 heavy (non-hydrogen) atoms. The van der Waals surface area contributed by atoms with Crippen molar-refractivity contribution in [2.24, 2.45) is 5.73 Å². The predicted molar refractivity (Wildman–Crippen MR) is 69.5 cm³/mol. The van der Waals surface area contributed by atoms with Crippen LogP contribution in [0.15, 0.2) is 24.3 Å². The molecule has 0 saturated carbocycles. The van der Waals surface area contributed by atoms with Crippen LogP contribution in [0, 0.1) is 5.82 Å². The van der Waals surface area contributed by atoms with Gasteiger partial charge < -0.3 is 11.1 Å². The minimum Gasteiger partial charge on any atom is -0.359 e. The molecule has 0 radical (unpaired) electrons. The van der Waals surface area contributed by atoms with Crippen LogP contribution < -0.4 is 11.1 Å². The van der Waals surface area contributed by atoms with E-state index in [-0.39, 0.29) is 17.8 Å². The molecule has 0 aliphatic carbocycles. The number of nitrogens with two attached hydrogens (primary N) is 1. The summed E-state index contributed by atoms with van der Waals surface area (Å²) in [7, 11) is 3.52. The molecule has 5 heteroatoms. The predicted octanol–water partition coefficient (Wildman–Crippen LogP) is 0.893. The molecule has 1 aromatic rings. The molecule has 0 aromatic heterocycles. The average Bonchev–Trinajstić information content (AvgIpc) is 2.39. The molecule has 0 spiro atoms. The van der Waals surface area contributed by atoms with Crippen LogP contribution in [-0.2, 0) is 4.79 Å². The first-order chi connectivity index (χ1) is 8.58. The van der Waals surface area contributed by atoms with Crippen LogP contribution >= 0.6 is 0 Å². The minimum atomic E-state index is -0.262. The smallest absolute Gasteiger partial charge is 0.221 e. The Morgan fingerprint density at radius 1 is 1.44 bits per heavy atom. The lowest BCUT2D eigenvalue weighted by Gasteiger charge is -2.27. The van der Waals surface area contributed by atoms with Crippen molar-refractivity contribution < 1.29 is 9.18 Å². The van der Waals surface area contributed by atoms with Crippen LogP contribution in [0.5, 0.6) is 0 Å². The zero-order valence-electron chi connectivity index (χ0n) is 10.8. The summed E-state index contributed by atoms with van der Waals surface area (Å²) in [6.07, 6.45) is 0.421. The van der Waals surface area contributed by atoms with E-state index in [0.29, 0.717) is 19.5 Å². The summed E-state index contributed by atoms with van der Waals surface area (Å²) < 4.78 is 12.9. The van der Waals surface area contributed by atoms with Crippen molar-refractivity contribution in [3.63, 3.8) is 0 Å². The molecule has 1 atom stereocenters. The SMILES string of the molecule is CNC(=O)CCN(C)C(CN)c1ccc(F)cc1. The fourth-order valence-electron chi connectivity index (χ4n) is 1.81. The second-order valence-electron chi connectivity index (χ2n) is 4.21. The largest absolute Gasteiger partial charge is 0.359 e. The van der Waals surface area contributed by atoms with Crippen molar-refractivity contribution >= 4 is 5.91 Å². The Labute approximate surface area is 107 Å². The Bertz CT molecular complexity index is 380. The van der Waals surface area contributed by atoms with Gasteiger partial charge in [-0.05, 0) is 24.7 Å². The molecule has 0 heterocycles.